The fourth-order valence-electron chi connectivity index (χ4n) is 9.16. The maximum Gasteiger partial charge on any atom is 0.0541 e. The lowest BCUT2D eigenvalue weighted by atomic mass is 10.1. The van der Waals surface area contributed by atoms with Crippen molar-refractivity contribution in [1.29, 1.82) is 0 Å². The molecular formula is C59H62N4. The Bertz CT molecular complexity index is 3370. The highest BCUT2D eigenvalue weighted by Gasteiger charge is 2.16. The fraction of sp³-hybridized carbons (Fsp3) is 0.186. The molecule has 0 bridgehead atoms. The molecule has 12 rings (SSSR count). The largest absolute Gasteiger partial charge is 0.344 e. The van der Waals surface area contributed by atoms with Crippen molar-refractivity contribution in [3.63, 3.8) is 0 Å². The summed E-state index contributed by atoms with van der Waals surface area (Å²) in [4.78, 5) is 0. The Hall–Kier alpha value is -7.04. The van der Waals surface area contributed by atoms with Crippen LogP contribution in [0.3, 0.4) is 0 Å². The molecule has 4 nitrogen and oxygen atoms in total. The van der Waals surface area contributed by atoms with Crippen LogP contribution in [0.25, 0.3) is 98.6 Å². The van der Waals surface area contributed by atoms with E-state index in [4.69, 9.17) is 0 Å². The maximum atomic E-state index is 2.39. The van der Waals surface area contributed by atoms with Crippen LogP contribution < -0.4 is 0 Å². The normalized spacial score (nSPS) is 10.8. The van der Waals surface area contributed by atoms with Crippen LogP contribution in [0.4, 0.5) is 0 Å². The Morgan fingerprint density at radius 2 is 0.508 bits per heavy atom. The molecule has 0 radical (unpaired) electrons. The second-order valence-corrected chi connectivity index (χ2v) is 14.8. The molecular weight excluding hydrogens is 765 g/mol. The van der Waals surface area contributed by atoms with E-state index in [2.05, 4.69) is 215 Å². The van der Waals surface area contributed by atoms with Crippen molar-refractivity contribution in [2.45, 2.75) is 62.3 Å². The monoisotopic (exact) mass is 826 g/mol. The van der Waals surface area contributed by atoms with Gasteiger partial charge in [0.1, 0.15) is 0 Å². The first-order chi connectivity index (χ1) is 31.0. The number of hydrogen-bond donors (Lipinski definition) is 0. The second kappa shape index (κ2) is 19.3. The molecule has 4 aromatic heterocycles. The summed E-state index contributed by atoms with van der Waals surface area (Å²) in [6.45, 7) is 18.2. The number of aromatic nitrogens is 4. The SMILES string of the molecule is CC.CC.CC.CC.Cc1ccc2c(c1)c1cc(-n3c4ccccc4c4ccccc43)ccc1n2C.Cn1c2ccccc2c2cc(-n3c4ccccc4c4ccccc43)ccc21. The average molecular weight is 827 g/mol. The van der Waals surface area contributed by atoms with Gasteiger partial charge in [-0.2, -0.15) is 0 Å². The van der Waals surface area contributed by atoms with Crippen LogP contribution in [0.2, 0.25) is 0 Å². The third kappa shape index (κ3) is 7.54. The van der Waals surface area contributed by atoms with Gasteiger partial charge in [-0.15, -0.1) is 0 Å². The van der Waals surface area contributed by atoms with Gasteiger partial charge in [0.05, 0.1) is 22.1 Å². The number of para-hydroxylation sites is 5. The van der Waals surface area contributed by atoms with E-state index in [0.717, 1.165) is 0 Å². The Morgan fingerprint density at radius 3 is 0.873 bits per heavy atom. The van der Waals surface area contributed by atoms with E-state index in [0.29, 0.717) is 0 Å². The molecule has 0 saturated carbocycles. The molecule has 318 valence electrons. The van der Waals surface area contributed by atoms with E-state index >= 15 is 0 Å². The summed E-state index contributed by atoms with van der Waals surface area (Å²) in [6.07, 6.45) is 0. The Morgan fingerprint density at radius 1 is 0.254 bits per heavy atom. The van der Waals surface area contributed by atoms with Gasteiger partial charge >= 0.3 is 0 Å². The van der Waals surface area contributed by atoms with Gasteiger partial charge in [-0.1, -0.05) is 158 Å². The molecule has 12 aromatic rings. The van der Waals surface area contributed by atoms with Gasteiger partial charge in [0.15, 0.2) is 0 Å². The van der Waals surface area contributed by atoms with Gasteiger partial charge in [0.25, 0.3) is 0 Å². The van der Waals surface area contributed by atoms with E-state index < -0.39 is 0 Å². The lowest BCUT2D eigenvalue weighted by Gasteiger charge is -2.08. The number of hydrogen-bond acceptors (Lipinski definition) is 0. The van der Waals surface area contributed by atoms with Crippen LogP contribution in [0.5, 0.6) is 0 Å². The molecule has 0 spiro atoms. The summed E-state index contributed by atoms with van der Waals surface area (Å²) >= 11 is 0. The van der Waals surface area contributed by atoms with E-state index in [9.17, 15) is 0 Å². The molecule has 4 heteroatoms. The van der Waals surface area contributed by atoms with Crippen molar-refractivity contribution in [2.24, 2.45) is 14.1 Å². The summed E-state index contributed by atoms with van der Waals surface area (Å²) in [5.74, 6) is 0. The van der Waals surface area contributed by atoms with Crippen molar-refractivity contribution < 1.29 is 0 Å². The van der Waals surface area contributed by atoms with Crippen molar-refractivity contribution in [3.05, 3.63) is 181 Å². The quantitative estimate of drug-likeness (QED) is 0.165. The Labute approximate surface area is 373 Å². The van der Waals surface area contributed by atoms with Crippen molar-refractivity contribution in [3.8, 4) is 11.4 Å². The van der Waals surface area contributed by atoms with Gasteiger partial charge in [0, 0.05) is 90.6 Å². The summed E-state index contributed by atoms with van der Waals surface area (Å²) < 4.78 is 9.34. The maximum absolute atomic E-state index is 2.39. The highest BCUT2D eigenvalue weighted by molar-refractivity contribution is 6.13. The van der Waals surface area contributed by atoms with Crippen LogP contribution in [0.1, 0.15) is 61.0 Å². The van der Waals surface area contributed by atoms with Crippen LogP contribution in [-0.2, 0) is 14.1 Å². The highest BCUT2D eigenvalue weighted by atomic mass is 15.0. The first-order valence-electron chi connectivity index (χ1n) is 23.0. The van der Waals surface area contributed by atoms with Crippen molar-refractivity contribution in [2.75, 3.05) is 0 Å². The highest BCUT2D eigenvalue weighted by Crippen LogP contribution is 2.37. The molecule has 0 fully saturated rings. The van der Waals surface area contributed by atoms with Crippen LogP contribution >= 0.6 is 0 Å². The molecule has 63 heavy (non-hydrogen) atoms. The number of benzene rings is 8. The van der Waals surface area contributed by atoms with Crippen molar-refractivity contribution >= 4 is 87.2 Å². The van der Waals surface area contributed by atoms with Crippen LogP contribution in [-0.4, -0.2) is 18.3 Å². The summed E-state index contributed by atoms with van der Waals surface area (Å²) in [7, 11) is 4.30. The van der Waals surface area contributed by atoms with Crippen molar-refractivity contribution in [1.82, 2.24) is 18.3 Å². The molecule has 0 aliphatic heterocycles. The second-order valence-electron chi connectivity index (χ2n) is 14.8. The molecule has 0 N–H and O–H groups in total. The summed E-state index contributed by atoms with van der Waals surface area (Å²) in [5, 5.41) is 10.4. The van der Waals surface area contributed by atoms with Crippen LogP contribution in [0.15, 0.2) is 176 Å². The zero-order chi connectivity index (χ0) is 44.8. The van der Waals surface area contributed by atoms with E-state index in [1.807, 2.05) is 55.4 Å². The fourth-order valence-corrected chi connectivity index (χ4v) is 9.16. The topological polar surface area (TPSA) is 19.7 Å². The number of fused-ring (bicyclic) bond motifs is 12. The summed E-state index contributed by atoms with van der Waals surface area (Å²) in [5.41, 5.74) is 13.8. The number of nitrogens with zero attached hydrogens (tertiary/aromatic N) is 4. The molecule has 4 heterocycles. The molecule has 0 atom stereocenters. The van der Waals surface area contributed by atoms with Gasteiger partial charge in [-0.3, -0.25) is 0 Å². The first kappa shape index (κ1) is 44.0. The van der Waals surface area contributed by atoms with Crippen LogP contribution in [0, 0.1) is 6.92 Å². The minimum Gasteiger partial charge on any atom is -0.344 e. The van der Waals surface area contributed by atoms with Gasteiger partial charge in [0.2, 0.25) is 0 Å². The molecule has 8 aromatic carbocycles. The average Bonchev–Trinajstić information content (AvgIpc) is 4.06. The zero-order valence-electron chi connectivity index (χ0n) is 39.0. The minimum atomic E-state index is 1.20. The first-order valence-corrected chi connectivity index (χ1v) is 23.0. The molecule has 0 unspecified atom stereocenters. The molecule has 0 aliphatic rings. The van der Waals surface area contributed by atoms with E-state index in [1.54, 1.807) is 0 Å². The number of rotatable bonds is 2. The predicted octanol–water partition coefficient (Wildman–Crippen LogP) is 17.3. The lowest BCUT2D eigenvalue weighted by molar-refractivity contribution is 1.01. The third-order valence-electron chi connectivity index (χ3n) is 11.7. The lowest BCUT2D eigenvalue weighted by Crippen LogP contribution is -1.94. The predicted molar refractivity (Wildman–Crippen MR) is 280 cm³/mol. The summed E-state index contributed by atoms with van der Waals surface area (Å²) in [6, 6.07) is 63.7. The minimum absolute atomic E-state index is 1.20. The Kier molecular flexibility index (Phi) is 13.5. The zero-order valence-corrected chi connectivity index (χ0v) is 39.0. The number of aryl methyl sites for hydroxylation is 3. The molecule has 0 amide bonds. The van der Waals surface area contributed by atoms with Gasteiger partial charge < -0.3 is 18.3 Å². The van der Waals surface area contributed by atoms with Gasteiger partial charge in [-0.05, 0) is 85.8 Å². The molecule has 0 aliphatic carbocycles. The van der Waals surface area contributed by atoms with Gasteiger partial charge in [-0.25, -0.2) is 0 Å². The Balaban J connectivity index is 0.000000164. The van der Waals surface area contributed by atoms with E-state index in [1.165, 1.54) is 104 Å². The smallest absolute Gasteiger partial charge is 0.0541 e. The molecule has 0 saturated heterocycles. The standard InChI is InChI=1S/C26H20N2.C25H18N2.4C2H6/c1-17-11-13-23-21(15-17)22-16-18(12-14-24(22)27(23)2)28-25-9-5-3-7-19(25)20-8-4-6-10-26(20)28;1-26-22-11-5-2-10-20(22)21-16-17(14-15-23(21)26)27-24-12-6-3-8-18(24)19-9-4-7-13-25(19)27;4*1-2/h3-16H,1-2H3;2-16H,1H3;4*1-2H3. The third-order valence-corrected chi connectivity index (χ3v) is 11.7. The van der Waals surface area contributed by atoms with E-state index in [-0.39, 0.29) is 0 Å².